The van der Waals surface area contributed by atoms with Crippen LogP contribution in [0.15, 0.2) is 46.1 Å². The Morgan fingerprint density at radius 2 is 1.56 bits per heavy atom. The maximum atomic E-state index is 14.9. The molecule has 0 saturated carbocycles. The highest BCUT2D eigenvalue weighted by molar-refractivity contribution is 6.21. The van der Waals surface area contributed by atoms with Gasteiger partial charge in [-0.3, -0.25) is 19.4 Å². The van der Waals surface area contributed by atoms with Gasteiger partial charge in [-0.15, -0.1) is 0 Å². The summed E-state index contributed by atoms with van der Waals surface area (Å²) in [5, 5.41) is 51.3. The quantitative estimate of drug-likeness (QED) is 0.252. The van der Waals surface area contributed by atoms with E-state index < -0.39 is 83.1 Å². The Balaban J connectivity index is 1.33. The predicted molar refractivity (Wildman–Crippen MR) is 261 cm³/mol. The zero-order valence-corrected chi connectivity index (χ0v) is 42.4. The Labute approximate surface area is 409 Å². The molecule has 5 N–H and O–H groups in total. The highest BCUT2D eigenvalue weighted by Gasteiger charge is 2.51. The molecule has 9 atom stereocenters. The topological polar surface area (TPSA) is 233 Å². The lowest BCUT2D eigenvalue weighted by molar-refractivity contribution is -0.132. The number of allylic oxidation sites excluding steroid dienone is 2. The first kappa shape index (κ1) is 52.3. The lowest BCUT2D eigenvalue weighted by Gasteiger charge is -2.40. The Hall–Kier alpha value is -5.56. The van der Waals surface area contributed by atoms with Crippen molar-refractivity contribution in [1.82, 2.24) is 14.7 Å². The number of piperazine rings is 1. The number of aliphatic hydroxyl groups excluding tert-OH is 2. The summed E-state index contributed by atoms with van der Waals surface area (Å²) in [5.41, 5.74) is -0.193. The van der Waals surface area contributed by atoms with Gasteiger partial charge in [0.2, 0.25) is 5.91 Å². The number of nitrogens with zero attached hydrogens (tertiary/aromatic N) is 5. The van der Waals surface area contributed by atoms with Crippen molar-refractivity contribution < 1.29 is 58.6 Å². The van der Waals surface area contributed by atoms with Crippen LogP contribution in [-0.4, -0.2) is 148 Å². The molecular weight excluding hydrogens is 901 g/mol. The second kappa shape index (κ2) is 20.7. The average molecular weight is 973 g/mol. The van der Waals surface area contributed by atoms with Crippen molar-refractivity contribution >= 4 is 40.2 Å². The molecule has 0 radical (unpaired) electrons. The van der Waals surface area contributed by atoms with Crippen LogP contribution in [0.2, 0.25) is 0 Å². The van der Waals surface area contributed by atoms with Crippen LogP contribution in [0.4, 0.5) is 10.5 Å². The zero-order chi connectivity index (χ0) is 51.1. The molecule has 8 rings (SSSR count). The van der Waals surface area contributed by atoms with Gasteiger partial charge in [0, 0.05) is 119 Å². The third-order valence-corrected chi connectivity index (χ3v) is 15.0. The number of aromatic hydroxyl groups is 2. The molecule has 0 unspecified atom stereocenters. The number of carbonyl (C=O) groups excluding carboxylic acids is 4. The fourth-order valence-corrected chi connectivity index (χ4v) is 10.6. The summed E-state index contributed by atoms with van der Waals surface area (Å²) in [7, 11) is 1.47. The fraction of sp³-hybridized carbons (Fsp3) is 0.615. The van der Waals surface area contributed by atoms with Crippen molar-refractivity contribution in [3.8, 4) is 17.2 Å². The number of fused-ring (bicyclic) bond motifs is 13. The number of hydrogen-bond acceptors (Lipinski definition) is 15. The minimum atomic E-state index is -1.99. The van der Waals surface area contributed by atoms with Crippen molar-refractivity contribution in [2.45, 2.75) is 124 Å². The number of likely N-dealkylation sites (tertiary alicyclic amines) is 1. The molecule has 2 aromatic rings. The van der Waals surface area contributed by atoms with Gasteiger partial charge < -0.3 is 59.4 Å². The molecule has 2 aromatic carbocycles. The smallest absolute Gasteiger partial charge is 0.410 e. The van der Waals surface area contributed by atoms with E-state index in [2.05, 4.69) is 29.1 Å². The van der Waals surface area contributed by atoms with Crippen molar-refractivity contribution in [3.05, 3.63) is 58.0 Å². The number of benzene rings is 2. The van der Waals surface area contributed by atoms with Gasteiger partial charge in [0.05, 0.1) is 41.2 Å². The first-order valence-corrected chi connectivity index (χ1v) is 24.7. The molecule has 3 amide bonds. The van der Waals surface area contributed by atoms with Crippen LogP contribution >= 0.6 is 0 Å². The molecular formula is C52H72N6O12. The number of phenols is 2. The maximum Gasteiger partial charge on any atom is 0.410 e. The number of amides is 3. The first-order chi connectivity index (χ1) is 33.1. The van der Waals surface area contributed by atoms with E-state index in [-0.39, 0.29) is 68.7 Å². The molecule has 0 aromatic heterocycles. The molecule has 6 heterocycles. The first-order valence-electron chi connectivity index (χ1n) is 24.7. The Morgan fingerprint density at radius 3 is 2.19 bits per heavy atom. The van der Waals surface area contributed by atoms with Gasteiger partial charge in [0.1, 0.15) is 34.0 Å². The van der Waals surface area contributed by atoms with Crippen LogP contribution in [0.5, 0.6) is 17.2 Å². The summed E-state index contributed by atoms with van der Waals surface area (Å²) >= 11 is 0. The molecule has 5 bridgehead atoms. The van der Waals surface area contributed by atoms with E-state index in [0.29, 0.717) is 57.0 Å². The number of phenolic OH excluding ortho intramolecular Hbond substituents is 2. The molecule has 18 nitrogen and oxygen atoms in total. The number of aliphatic hydroxyl groups is 2. The van der Waals surface area contributed by atoms with Crippen LogP contribution in [0.3, 0.4) is 0 Å². The molecule has 382 valence electrons. The van der Waals surface area contributed by atoms with Crippen molar-refractivity contribution in [1.29, 1.82) is 0 Å². The molecule has 6 aliphatic heterocycles. The monoisotopic (exact) mass is 973 g/mol. The van der Waals surface area contributed by atoms with E-state index in [1.165, 1.54) is 31.3 Å². The largest absolute Gasteiger partial charge is 0.507 e. The molecule has 6 aliphatic rings. The minimum absolute atomic E-state index is 0.00560. The number of methoxy groups -OCH3 is 1. The third-order valence-electron chi connectivity index (χ3n) is 15.0. The Morgan fingerprint density at radius 1 is 0.900 bits per heavy atom. The normalized spacial score (nSPS) is 31.3. The number of nitrogens with one attached hydrogen (secondary N) is 1. The number of hydrogen-bond donors (Lipinski definition) is 5. The van der Waals surface area contributed by atoms with Gasteiger partial charge in [0.25, 0.3) is 11.7 Å². The number of carbonyl (C=O) groups is 4. The van der Waals surface area contributed by atoms with Gasteiger partial charge in [0.15, 0.2) is 5.75 Å². The number of ether oxygens (including phenoxy) is 4. The van der Waals surface area contributed by atoms with Gasteiger partial charge in [-0.25, -0.2) is 9.79 Å². The van der Waals surface area contributed by atoms with E-state index in [4.69, 9.17) is 23.9 Å². The van der Waals surface area contributed by atoms with Crippen molar-refractivity contribution in [3.63, 3.8) is 0 Å². The summed E-state index contributed by atoms with van der Waals surface area (Å²) in [5.74, 6) is -6.44. The summed E-state index contributed by atoms with van der Waals surface area (Å²) in [4.78, 5) is 70.4. The minimum Gasteiger partial charge on any atom is -0.507 e. The number of rotatable bonds is 5. The number of piperidine rings is 1. The van der Waals surface area contributed by atoms with Crippen molar-refractivity contribution in [2.75, 3.05) is 58.2 Å². The fourth-order valence-electron chi connectivity index (χ4n) is 10.6. The van der Waals surface area contributed by atoms with Crippen LogP contribution in [0, 0.1) is 36.5 Å². The summed E-state index contributed by atoms with van der Waals surface area (Å²) in [6.07, 6.45) is 4.43. The molecule has 2 fully saturated rings. The van der Waals surface area contributed by atoms with Crippen LogP contribution in [0.1, 0.15) is 97.5 Å². The third kappa shape index (κ3) is 9.88. The van der Waals surface area contributed by atoms with E-state index in [9.17, 15) is 39.6 Å². The maximum absolute atomic E-state index is 14.9. The highest BCUT2D eigenvalue weighted by atomic mass is 16.7. The van der Waals surface area contributed by atoms with Gasteiger partial charge in [-0.1, -0.05) is 66.7 Å². The molecule has 18 heteroatoms. The number of ketones is 1. The van der Waals surface area contributed by atoms with E-state index >= 15 is 0 Å². The highest BCUT2D eigenvalue weighted by Crippen LogP contribution is 2.51. The standard InChI is InChI=1S/C52H72N6O12/c1-12-35(59)57-21-23-58(24-22-57)50(66)69-46-30(6)34(67-11)16-25-68-51(10)48(64)38-36-37(44(62)33(9)47(38)70-51)45(63)41(40-39(36)54-52(55-40)17-19-56(20-18-52)26-27(2)3)53-49(65)29(5)15-13-14-28(4)42(60)31(7)43(61)32(46)8/h13-16,25,27-28,30-32,34,42-43,46,54,60-63H,12,17-24,26H2,1-11H3/b14-13+,25-16+,29-15-,53-41?/t28-,30+,31+,32+,34-,42-,43+,46+,51-/m0/s1. The van der Waals surface area contributed by atoms with Gasteiger partial charge >= 0.3 is 11.9 Å². The van der Waals surface area contributed by atoms with Crippen LogP contribution in [-0.2, 0) is 23.8 Å². The summed E-state index contributed by atoms with van der Waals surface area (Å²) in [6, 6.07) is 0. The second-order valence-corrected chi connectivity index (χ2v) is 20.5. The summed E-state index contributed by atoms with van der Waals surface area (Å²) in [6.45, 7) is 21.2. The second-order valence-electron chi connectivity index (χ2n) is 20.5. The lowest BCUT2D eigenvalue weighted by Crippen LogP contribution is -2.53. The Bertz CT molecular complexity index is 2600. The number of Topliss-reactive ketones (excluding diaryl/α,β-unsaturated/α-hetero) is 1. The molecule has 70 heavy (non-hydrogen) atoms. The van der Waals surface area contributed by atoms with Crippen molar-refractivity contribution in [2.24, 2.45) is 39.6 Å². The van der Waals surface area contributed by atoms with Gasteiger partial charge in [-0.05, 0) is 25.8 Å². The molecule has 2 saturated heterocycles. The van der Waals surface area contributed by atoms with Gasteiger partial charge in [-0.2, -0.15) is 0 Å². The SMILES string of the molecule is CCC(=O)N1CCN(C(=O)O[C@H]2[C@H](C)[C@H](O)[C@H](C)[C@@H](O)[C@@H](C)/C=C/C=C(/C)C(=O)N=c3c(O)c4c(O)c(C)c5c(c4c4c3=NC3(CCN(CC(C)C)CC3)N4)C(=O)[C@@](C)(O/C=C/[C@H](OC)[C@H]2C)O5)CC1. The molecule has 0 aliphatic carbocycles. The van der Waals surface area contributed by atoms with E-state index in [0.717, 1.165) is 6.54 Å². The molecule has 1 spiro atoms. The Kier molecular flexibility index (Phi) is 15.4. The summed E-state index contributed by atoms with van der Waals surface area (Å²) < 4.78 is 24.8. The predicted octanol–water partition coefficient (Wildman–Crippen LogP) is 4.88. The zero-order valence-electron chi connectivity index (χ0n) is 42.4. The number of anilines is 1. The van der Waals surface area contributed by atoms with E-state index in [1.54, 1.807) is 71.6 Å². The average Bonchev–Trinajstić information content (AvgIpc) is 3.84. The lowest BCUT2D eigenvalue weighted by atomic mass is 9.78. The van der Waals surface area contributed by atoms with E-state index in [1.807, 2.05) is 0 Å². The van der Waals surface area contributed by atoms with Crippen LogP contribution in [0.25, 0.3) is 10.8 Å². The van der Waals surface area contributed by atoms with Crippen LogP contribution < -0.4 is 20.8 Å².